The molecule has 0 fully saturated rings. The van der Waals surface area contributed by atoms with Gasteiger partial charge in [0.1, 0.15) is 6.61 Å². The standard InChI is InChI=1S/C16H20N4O3/c1-11(2)12(9-20-17-7-8-18-20)19-16(21)15-10-22-13-5-3-4-6-14(13)23-15/h3-8,11-12,15H,9-10H2,1-2H3,(H,19,21). The van der Waals surface area contributed by atoms with E-state index in [1.54, 1.807) is 23.3 Å². The van der Waals surface area contributed by atoms with Crippen LogP contribution in [-0.2, 0) is 11.3 Å². The Kier molecular flexibility index (Phi) is 4.45. The average Bonchev–Trinajstić information content (AvgIpc) is 3.06. The minimum absolute atomic E-state index is 0.0873. The van der Waals surface area contributed by atoms with Crippen molar-refractivity contribution in [3.8, 4) is 11.5 Å². The molecule has 1 aromatic heterocycles. The second-order valence-electron chi connectivity index (χ2n) is 5.81. The largest absolute Gasteiger partial charge is 0.485 e. The van der Waals surface area contributed by atoms with Gasteiger partial charge in [-0.05, 0) is 18.1 Å². The first-order valence-corrected chi connectivity index (χ1v) is 7.66. The highest BCUT2D eigenvalue weighted by Crippen LogP contribution is 2.30. The SMILES string of the molecule is CC(C)C(Cn1nccn1)NC(=O)C1COc2ccccc2O1. The van der Waals surface area contributed by atoms with Crippen LogP contribution < -0.4 is 14.8 Å². The molecule has 1 aliphatic heterocycles. The van der Waals surface area contributed by atoms with Crippen molar-refractivity contribution in [2.75, 3.05) is 6.61 Å². The van der Waals surface area contributed by atoms with E-state index in [0.717, 1.165) is 0 Å². The van der Waals surface area contributed by atoms with Crippen molar-refractivity contribution in [2.45, 2.75) is 32.5 Å². The zero-order chi connectivity index (χ0) is 16.2. The number of para-hydroxylation sites is 2. The fourth-order valence-electron chi connectivity index (χ4n) is 2.36. The van der Waals surface area contributed by atoms with E-state index < -0.39 is 6.10 Å². The number of fused-ring (bicyclic) bond motifs is 1. The fourth-order valence-corrected chi connectivity index (χ4v) is 2.36. The topological polar surface area (TPSA) is 78.3 Å². The van der Waals surface area contributed by atoms with Crippen LogP contribution in [0.1, 0.15) is 13.8 Å². The molecule has 2 heterocycles. The van der Waals surface area contributed by atoms with Gasteiger partial charge in [-0.25, -0.2) is 0 Å². The highest BCUT2D eigenvalue weighted by atomic mass is 16.6. The molecule has 2 aromatic rings. The van der Waals surface area contributed by atoms with Gasteiger partial charge in [0.05, 0.1) is 25.0 Å². The molecule has 0 saturated carbocycles. The number of carbonyl (C=O) groups excluding carboxylic acids is 1. The van der Waals surface area contributed by atoms with Crippen molar-refractivity contribution in [3.63, 3.8) is 0 Å². The summed E-state index contributed by atoms with van der Waals surface area (Å²) in [6.07, 6.45) is 2.58. The van der Waals surface area contributed by atoms with E-state index in [0.29, 0.717) is 18.0 Å². The first-order chi connectivity index (χ1) is 11.1. The molecule has 2 atom stereocenters. The maximum absolute atomic E-state index is 12.5. The molecule has 0 bridgehead atoms. The molecule has 1 aliphatic rings. The summed E-state index contributed by atoms with van der Waals surface area (Å²) < 4.78 is 11.3. The van der Waals surface area contributed by atoms with E-state index in [-0.39, 0.29) is 24.5 Å². The molecule has 23 heavy (non-hydrogen) atoms. The summed E-state index contributed by atoms with van der Waals surface area (Å²) in [6.45, 7) is 4.80. The number of ether oxygens (including phenoxy) is 2. The van der Waals surface area contributed by atoms with Crippen LogP contribution in [0.4, 0.5) is 0 Å². The molecule has 0 radical (unpaired) electrons. The summed E-state index contributed by atoms with van der Waals surface area (Å²) in [4.78, 5) is 14.1. The lowest BCUT2D eigenvalue weighted by Gasteiger charge is -2.28. The zero-order valence-electron chi connectivity index (χ0n) is 13.2. The van der Waals surface area contributed by atoms with Gasteiger partial charge in [0.25, 0.3) is 5.91 Å². The van der Waals surface area contributed by atoms with Gasteiger partial charge in [-0.2, -0.15) is 15.0 Å². The van der Waals surface area contributed by atoms with E-state index in [1.807, 2.05) is 32.0 Å². The minimum Gasteiger partial charge on any atom is -0.485 e. The third kappa shape index (κ3) is 3.61. The number of nitrogens with zero attached hydrogens (tertiary/aromatic N) is 3. The van der Waals surface area contributed by atoms with Crippen LogP contribution in [0.5, 0.6) is 11.5 Å². The molecular formula is C16H20N4O3. The molecule has 122 valence electrons. The van der Waals surface area contributed by atoms with E-state index in [4.69, 9.17) is 9.47 Å². The molecule has 7 heteroatoms. The van der Waals surface area contributed by atoms with Crippen molar-refractivity contribution in [2.24, 2.45) is 5.92 Å². The second-order valence-corrected chi connectivity index (χ2v) is 5.81. The quantitative estimate of drug-likeness (QED) is 0.898. The molecule has 3 rings (SSSR count). The Labute approximate surface area is 134 Å². The number of carbonyl (C=O) groups is 1. The Bertz CT molecular complexity index is 657. The highest BCUT2D eigenvalue weighted by Gasteiger charge is 2.29. The maximum Gasteiger partial charge on any atom is 0.264 e. The third-order valence-electron chi connectivity index (χ3n) is 3.76. The van der Waals surface area contributed by atoms with Crippen molar-refractivity contribution in [1.29, 1.82) is 0 Å². The number of rotatable bonds is 5. The monoisotopic (exact) mass is 316 g/mol. The summed E-state index contributed by atoms with van der Waals surface area (Å²) in [5.41, 5.74) is 0. The van der Waals surface area contributed by atoms with Crippen molar-refractivity contribution < 1.29 is 14.3 Å². The lowest BCUT2D eigenvalue weighted by atomic mass is 10.0. The Hall–Kier alpha value is -2.57. The Morgan fingerprint density at radius 3 is 2.70 bits per heavy atom. The van der Waals surface area contributed by atoms with Gasteiger partial charge in [-0.15, -0.1) is 0 Å². The van der Waals surface area contributed by atoms with Crippen molar-refractivity contribution >= 4 is 5.91 Å². The van der Waals surface area contributed by atoms with E-state index in [1.165, 1.54) is 0 Å². The summed E-state index contributed by atoms with van der Waals surface area (Å²) in [6, 6.07) is 7.25. The van der Waals surface area contributed by atoms with Gasteiger partial charge >= 0.3 is 0 Å². The van der Waals surface area contributed by atoms with E-state index in [9.17, 15) is 4.79 Å². The van der Waals surface area contributed by atoms with E-state index >= 15 is 0 Å². The van der Waals surface area contributed by atoms with Crippen LogP contribution in [0.2, 0.25) is 0 Å². The van der Waals surface area contributed by atoms with Gasteiger partial charge in [0.15, 0.2) is 11.5 Å². The molecule has 1 amide bonds. The zero-order valence-corrected chi connectivity index (χ0v) is 13.2. The van der Waals surface area contributed by atoms with Crippen molar-refractivity contribution in [3.05, 3.63) is 36.7 Å². The predicted molar refractivity (Wildman–Crippen MR) is 83.1 cm³/mol. The first-order valence-electron chi connectivity index (χ1n) is 7.66. The second kappa shape index (κ2) is 6.68. The Balaban J connectivity index is 1.63. The first kappa shape index (κ1) is 15.3. The lowest BCUT2D eigenvalue weighted by molar-refractivity contribution is -0.131. The highest BCUT2D eigenvalue weighted by molar-refractivity contribution is 5.82. The average molecular weight is 316 g/mol. The van der Waals surface area contributed by atoms with Gasteiger partial charge in [0, 0.05) is 0 Å². The molecule has 2 unspecified atom stereocenters. The Morgan fingerprint density at radius 2 is 2.00 bits per heavy atom. The molecule has 0 spiro atoms. The predicted octanol–water partition coefficient (Wildman–Crippen LogP) is 1.26. The van der Waals surface area contributed by atoms with Crippen LogP contribution in [0.3, 0.4) is 0 Å². The number of amides is 1. The molecular weight excluding hydrogens is 296 g/mol. The van der Waals surface area contributed by atoms with Crippen LogP contribution in [0, 0.1) is 5.92 Å². The third-order valence-corrected chi connectivity index (χ3v) is 3.76. The number of hydrogen-bond donors (Lipinski definition) is 1. The number of nitrogens with one attached hydrogen (secondary N) is 1. The molecule has 1 aromatic carbocycles. The van der Waals surface area contributed by atoms with Gasteiger partial charge in [-0.1, -0.05) is 26.0 Å². The van der Waals surface area contributed by atoms with Gasteiger partial charge in [0.2, 0.25) is 6.10 Å². The summed E-state index contributed by atoms with van der Waals surface area (Å²) in [7, 11) is 0. The normalized spacial score (nSPS) is 17.8. The number of aromatic nitrogens is 3. The molecule has 0 saturated heterocycles. The summed E-state index contributed by atoms with van der Waals surface area (Å²) in [5, 5.41) is 11.2. The smallest absolute Gasteiger partial charge is 0.264 e. The van der Waals surface area contributed by atoms with Gasteiger partial charge < -0.3 is 14.8 Å². The van der Waals surface area contributed by atoms with Crippen LogP contribution in [0.15, 0.2) is 36.7 Å². The van der Waals surface area contributed by atoms with Gasteiger partial charge in [-0.3, -0.25) is 4.79 Å². The Morgan fingerprint density at radius 1 is 1.30 bits per heavy atom. The maximum atomic E-state index is 12.5. The van der Waals surface area contributed by atoms with Crippen LogP contribution in [-0.4, -0.2) is 39.7 Å². The molecule has 0 aliphatic carbocycles. The summed E-state index contributed by atoms with van der Waals surface area (Å²) >= 11 is 0. The molecule has 1 N–H and O–H groups in total. The van der Waals surface area contributed by atoms with Crippen LogP contribution >= 0.6 is 0 Å². The lowest BCUT2D eigenvalue weighted by Crippen LogP contribution is -2.50. The fraction of sp³-hybridized carbons (Fsp3) is 0.438. The van der Waals surface area contributed by atoms with E-state index in [2.05, 4.69) is 15.5 Å². The number of hydrogen-bond acceptors (Lipinski definition) is 5. The number of benzene rings is 1. The molecule has 7 nitrogen and oxygen atoms in total. The summed E-state index contributed by atoms with van der Waals surface area (Å²) in [5.74, 6) is 1.30. The minimum atomic E-state index is -0.656. The van der Waals surface area contributed by atoms with Crippen LogP contribution in [0.25, 0.3) is 0 Å². The van der Waals surface area contributed by atoms with Crippen molar-refractivity contribution in [1.82, 2.24) is 20.3 Å².